The lowest BCUT2D eigenvalue weighted by Crippen LogP contribution is -2.56. The molecule has 0 bridgehead atoms. The van der Waals surface area contributed by atoms with Crippen LogP contribution in [0.25, 0.3) is 0 Å². The molecule has 0 amide bonds. The van der Waals surface area contributed by atoms with E-state index in [1.165, 1.54) is 6.07 Å². The first kappa shape index (κ1) is 11.1. The molecule has 0 atom stereocenters. The molecule has 16 heavy (non-hydrogen) atoms. The summed E-state index contributed by atoms with van der Waals surface area (Å²) in [6.45, 7) is -1.39. The van der Waals surface area contributed by atoms with Gasteiger partial charge in [0.2, 0.25) is 0 Å². The summed E-state index contributed by atoms with van der Waals surface area (Å²) in [7, 11) is 0. The number of pyridine rings is 1. The van der Waals surface area contributed by atoms with E-state index in [2.05, 4.69) is 4.98 Å². The zero-order chi connectivity index (χ0) is 12.0. The van der Waals surface area contributed by atoms with E-state index >= 15 is 0 Å². The van der Waals surface area contributed by atoms with Crippen molar-refractivity contribution in [2.45, 2.75) is 12.1 Å². The zero-order valence-electron chi connectivity index (χ0n) is 7.93. The second-order valence-electron chi connectivity index (χ2n) is 3.58. The van der Waals surface area contributed by atoms with E-state index in [0.717, 1.165) is 17.2 Å². The summed E-state index contributed by atoms with van der Waals surface area (Å²) in [6.07, 6.45) is -3.63. The molecule has 2 nitrogen and oxygen atoms in total. The highest BCUT2D eigenvalue weighted by Gasteiger charge is 2.47. The van der Waals surface area contributed by atoms with Crippen LogP contribution in [0.15, 0.2) is 18.3 Å². The van der Waals surface area contributed by atoms with Crippen molar-refractivity contribution in [3.05, 3.63) is 24.0 Å². The van der Waals surface area contributed by atoms with Crippen molar-refractivity contribution in [2.75, 3.05) is 18.0 Å². The van der Waals surface area contributed by atoms with Crippen molar-refractivity contribution < 1.29 is 22.0 Å². The molecular weight excluding hydrogens is 231 g/mol. The molecule has 2 heterocycles. The van der Waals surface area contributed by atoms with Crippen molar-refractivity contribution in [3.63, 3.8) is 0 Å². The Kier molecular flexibility index (Phi) is 2.28. The molecule has 0 aliphatic carbocycles. The lowest BCUT2D eigenvalue weighted by atomic mass is 10.1. The molecule has 0 unspecified atom stereocenters. The largest absolute Gasteiger partial charge is 0.435 e. The molecule has 1 fully saturated rings. The average Bonchev–Trinajstić information content (AvgIpc) is 2.12. The lowest BCUT2D eigenvalue weighted by molar-refractivity contribution is -0.141. The standard InChI is InChI=1S/C9H7F5N2/c10-8(11)4-16(5-8)6-2-1-3-15-7(6)9(12,13)14/h1-3H,4-5H2. The highest BCUT2D eigenvalue weighted by atomic mass is 19.4. The van der Waals surface area contributed by atoms with Crippen LogP contribution in [0, 0.1) is 0 Å². The molecule has 1 saturated heterocycles. The topological polar surface area (TPSA) is 16.1 Å². The van der Waals surface area contributed by atoms with Crippen LogP contribution in [0.1, 0.15) is 5.69 Å². The third-order valence-corrected chi connectivity index (χ3v) is 2.24. The zero-order valence-corrected chi connectivity index (χ0v) is 7.93. The number of alkyl halides is 5. The third-order valence-electron chi connectivity index (χ3n) is 2.24. The van der Waals surface area contributed by atoms with Crippen LogP contribution in [-0.2, 0) is 6.18 Å². The monoisotopic (exact) mass is 238 g/mol. The van der Waals surface area contributed by atoms with E-state index in [-0.39, 0.29) is 5.69 Å². The maximum Gasteiger partial charge on any atom is 0.435 e. The first-order valence-corrected chi connectivity index (χ1v) is 4.45. The minimum absolute atomic E-state index is 0.291. The fraction of sp³-hybridized carbons (Fsp3) is 0.444. The van der Waals surface area contributed by atoms with Crippen LogP contribution in [0.4, 0.5) is 27.6 Å². The molecule has 7 heteroatoms. The molecule has 88 valence electrons. The van der Waals surface area contributed by atoms with Crippen LogP contribution >= 0.6 is 0 Å². The summed E-state index contributed by atoms with van der Waals surface area (Å²) in [5.41, 5.74) is -1.41. The Morgan fingerprint density at radius 3 is 2.38 bits per heavy atom. The highest BCUT2D eigenvalue weighted by molar-refractivity contribution is 5.54. The first-order chi connectivity index (χ1) is 7.30. The lowest BCUT2D eigenvalue weighted by Gasteiger charge is -2.41. The Morgan fingerprint density at radius 1 is 1.25 bits per heavy atom. The first-order valence-electron chi connectivity index (χ1n) is 4.45. The molecule has 0 spiro atoms. The molecule has 1 aliphatic heterocycles. The molecule has 1 aromatic rings. The molecule has 0 aromatic carbocycles. The van der Waals surface area contributed by atoms with Crippen molar-refractivity contribution in [1.82, 2.24) is 4.98 Å². The minimum atomic E-state index is -4.62. The summed E-state index contributed by atoms with van der Waals surface area (Å²) in [5.74, 6) is -2.90. The molecule has 1 aliphatic rings. The smallest absolute Gasteiger partial charge is 0.358 e. The summed E-state index contributed by atoms with van der Waals surface area (Å²) in [6, 6.07) is 2.44. The summed E-state index contributed by atoms with van der Waals surface area (Å²) in [4.78, 5) is 4.16. The van der Waals surface area contributed by atoms with Gasteiger partial charge in [0.05, 0.1) is 18.8 Å². The Labute approximate surface area is 87.7 Å². The van der Waals surface area contributed by atoms with Gasteiger partial charge in [0.25, 0.3) is 5.92 Å². The number of hydrogen-bond acceptors (Lipinski definition) is 2. The number of rotatable bonds is 1. The van der Waals surface area contributed by atoms with Crippen molar-refractivity contribution in [1.29, 1.82) is 0 Å². The van der Waals surface area contributed by atoms with Gasteiger partial charge in [0.1, 0.15) is 0 Å². The van der Waals surface area contributed by atoms with Gasteiger partial charge in [-0.2, -0.15) is 13.2 Å². The van der Waals surface area contributed by atoms with E-state index in [9.17, 15) is 22.0 Å². The van der Waals surface area contributed by atoms with Crippen LogP contribution in [0.5, 0.6) is 0 Å². The van der Waals surface area contributed by atoms with Crippen LogP contribution < -0.4 is 4.90 Å². The van der Waals surface area contributed by atoms with Crippen LogP contribution in [-0.4, -0.2) is 24.0 Å². The Hall–Kier alpha value is -1.40. The van der Waals surface area contributed by atoms with Crippen LogP contribution in [0.3, 0.4) is 0 Å². The van der Waals surface area contributed by atoms with E-state index < -0.39 is 30.9 Å². The average molecular weight is 238 g/mol. The minimum Gasteiger partial charge on any atom is -0.358 e. The molecule has 0 radical (unpaired) electrons. The fourth-order valence-electron chi connectivity index (χ4n) is 1.55. The van der Waals surface area contributed by atoms with Gasteiger partial charge in [-0.3, -0.25) is 0 Å². The van der Waals surface area contributed by atoms with Gasteiger partial charge in [0, 0.05) is 6.20 Å². The normalized spacial score (nSPS) is 19.4. The van der Waals surface area contributed by atoms with Gasteiger partial charge in [-0.1, -0.05) is 0 Å². The van der Waals surface area contributed by atoms with Gasteiger partial charge < -0.3 is 4.90 Å². The van der Waals surface area contributed by atoms with Gasteiger partial charge in [-0.15, -0.1) is 0 Å². The highest BCUT2D eigenvalue weighted by Crippen LogP contribution is 2.39. The maximum atomic E-state index is 12.6. The molecule has 0 saturated carbocycles. The van der Waals surface area contributed by atoms with Gasteiger partial charge in [-0.25, -0.2) is 13.8 Å². The fourth-order valence-corrected chi connectivity index (χ4v) is 1.55. The predicted molar refractivity (Wildman–Crippen MR) is 46.4 cm³/mol. The Bertz CT molecular complexity index is 393. The third kappa shape index (κ3) is 1.94. The van der Waals surface area contributed by atoms with E-state index in [0.29, 0.717) is 0 Å². The molecular formula is C9H7F5N2. The number of nitrogens with zero attached hydrogens (tertiary/aromatic N) is 2. The Morgan fingerprint density at radius 2 is 1.88 bits per heavy atom. The van der Waals surface area contributed by atoms with Crippen molar-refractivity contribution in [3.8, 4) is 0 Å². The number of halogens is 5. The van der Waals surface area contributed by atoms with Crippen molar-refractivity contribution >= 4 is 5.69 Å². The van der Waals surface area contributed by atoms with E-state index in [1.54, 1.807) is 0 Å². The second kappa shape index (κ2) is 3.29. The molecule has 2 rings (SSSR count). The summed E-state index contributed by atoms with van der Waals surface area (Å²) < 4.78 is 62.6. The Balaban J connectivity index is 2.29. The van der Waals surface area contributed by atoms with E-state index in [4.69, 9.17) is 0 Å². The van der Waals surface area contributed by atoms with Gasteiger partial charge in [0.15, 0.2) is 5.69 Å². The summed E-state index contributed by atoms with van der Waals surface area (Å²) in [5, 5.41) is 0. The van der Waals surface area contributed by atoms with Gasteiger partial charge >= 0.3 is 6.18 Å². The molecule has 0 N–H and O–H groups in total. The quantitative estimate of drug-likeness (QED) is 0.699. The van der Waals surface area contributed by atoms with Crippen molar-refractivity contribution in [2.24, 2.45) is 0 Å². The summed E-state index contributed by atoms with van der Waals surface area (Å²) >= 11 is 0. The SMILES string of the molecule is FC1(F)CN(c2cccnc2C(F)(F)F)C1. The number of hydrogen-bond donors (Lipinski definition) is 0. The van der Waals surface area contributed by atoms with Gasteiger partial charge in [-0.05, 0) is 12.1 Å². The number of anilines is 1. The predicted octanol–water partition coefficient (Wildman–Crippen LogP) is 2.56. The van der Waals surface area contributed by atoms with E-state index in [1.807, 2.05) is 0 Å². The maximum absolute atomic E-state index is 12.6. The van der Waals surface area contributed by atoms with Crippen LogP contribution in [0.2, 0.25) is 0 Å². The number of aromatic nitrogens is 1. The second-order valence-corrected chi connectivity index (χ2v) is 3.58. The molecule has 1 aromatic heterocycles.